The number of anilines is 1. The van der Waals surface area contributed by atoms with Crippen molar-refractivity contribution >= 4 is 21.4 Å². The summed E-state index contributed by atoms with van der Waals surface area (Å²) in [7, 11) is 0.738. The van der Waals surface area contributed by atoms with E-state index >= 15 is 0 Å². The third-order valence-corrected chi connectivity index (χ3v) is 6.96. The molecule has 6 nitrogen and oxygen atoms in total. The summed E-state index contributed by atoms with van der Waals surface area (Å²) in [6.07, 6.45) is -0.424. The molecular formula is C22H27FN2O4S. The molecule has 2 aromatic rings. The number of benzene rings is 2. The maximum Gasteiger partial charge on any atom is 0.263 e. The summed E-state index contributed by atoms with van der Waals surface area (Å²) < 4.78 is 42.9. The normalized spacial score (nSPS) is 18.6. The van der Waals surface area contributed by atoms with E-state index in [-0.39, 0.29) is 23.2 Å². The molecule has 8 heteroatoms. The van der Waals surface area contributed by atoms with Crippen molar-refractivity contribution < 1.29 is 22.3 Å². The fourth-order valence-electron chi connectivity index (χ4n) is 3.51. The van der Waals surface area contributed by atoms with E-state index in [1.807, 2.05) is 43.3 Å². The first-order chi connectivity index (χ1) is 14.1. The molecule has 30 heavy (non-hydrogen) atoms. The second kappa shape index (κ2) is 9.04. The van der Waals surface area contributed by atoms with Crippen LogP contribution in [0.25, 0.3) is 0 Å². The smallest absolute Gasteiger partial charge is 0.263 e. The molecule has 1 saturated heterocycles. The van der Waals surface area contributed by atoms with Crippen LogP contribution in [0, 0.1) is 5.82 Å². The summed E-state index contributed by atoms with van der Waals surface area (Å²) in [6, 6.07) is 12.8. The van der Waals surface area contributed by atoms with Crippen LogP contribution >= 0.6 is 0 Å². The average Bonchev–Trinajstić information content (AvgIpc) is 3.07. The highest BCUT2D eigenvalue weighted by Gasteiger charge is 2.36. The Labute approximate surface area is 177 Å². The Hall–Kier alpha value is -2.61. The van der Waals surface area contributed by atoms with E-state index in [0.29, 0.717) is 18.7 Å². The lowest BCUT2D eigenvalue weighted by atomic mass is 10.1. The number of carbonyl (C=O) groups excluding carboxylic acids is 1. The van der Waals surface area contributed by atoms with E-state index in [0.717, 1.165) is 11.3 Å². The van der Waals surface area contributed by atoms with Crippen molar-refractivity contribution in [2.45, 2.75) is 32.0 Å². The van der Waals surface area contributed by atoms with E-state index in [9.17, 15) is 17.6 Å². The summed E-state index contributed by atoms with van der Waals surface area (Å²) in [6.45, 7) is 1.92. The van der Waals surface area contributed by atoms with Gasteiger partial charge in [-0.2, -0.15) is 0 Å². The Morgan fingerprint density at radius 1 is 1.13 bits per heavy atom. The number of hydrogen-bond acceptors (Lipinski definition) is 5. The number of sulfone groups is 1. The molecule has 0 radical (unpaired) electrons. The van der Waals surface area contributed by atoms with Gasteiger partial charge in [-0.15, -0.1) is 0 Å². The number of rotatable bonds is 7. The zero-order valence-corrected chi connectivity index (χ0v) is 18.2. The van der Waals surface area contributed by atoms with Crippen molar-refractivity contribution in [3.8, 4) is 5.75 Å². The van der Waals surface area contributed by atoms with Crippen LogP contribution < -0.4 is 9.64 Å². The first kappa shape index (κ1) is 22.1. The van der Waals surface area contributed by atoms with Crippen molar-refractivity contribution in [1.82, 2.24) is 4.90 Å². The van der Waals surface area contributed by atoms with Crippen molar-refractivity contribution in [1.29, 1.82) is 0 Å². The van der Waals surface area contributed by atoms with Gasteiger partial charge in [0.25, 0.3) is 5.91 Å². The lowest BCUT2D eigenvalue weighted by molar-refractivity contribution is -0.140. The molecule has 3 rings (SSSR count). The highest BCUT2D eigenvalue weighted by molar-refractivity contribution is 7.91. The van der Waals surface area contributed by atoms with Crippen LogP contribution in [-0.2, 0) is 21.2 Å². The third kappa shape index (κ3) is 5.50. The molecule has 2 atom stereocenters. The van der Waals surface area contributed by atoms with Crippen LogP contribution in [0.5, 0.6) is 5.75 Å². The lowest BCUT2D eigenvalue weighted by Crippen LogP contribution is -2.46. The maximum atomic E-state index is 13.2. The molecule has 0 saturated carbocycles. The number of carbonyl (C=O) groups is 1. The van der Waals surface area contributed by atoms with Crippen molar-refractivity contribution in [2.75, 3.05) is 30.5 Å². The van der Waals surface area contributed by atoms with Gasteiger partial charge in [0.15, 0.2) is 15.9 Å². The molecule has 2 aromatic carbocycles. The van der Waals surface area contributed by atoms with E-state index in [1.165, 1.54) is 24.3 Å². The van der Waals surface area contributed by atoms with E-state index in [1.54, 1.807) is 11.8 Å². The molecule has 0 aromatic heterocycles. The molecule has 1 amide bonds. The van der Waals surface area contributed by atoms with E-state index in [4.69, 9.17) is 4.74 Å². The minimum Gasteiger partial charge on any atom is -0.481 e. The molecule has 0 bridgehead atoms. The first-order valence-corrected chi connectivity index (χ1v) is 11.7. The quantitative estimate of drug-likeness (QED) is 0.670. The molecular weight excluding hydrogens is 407 g/mol. The van der Waals surface area contributed by atoms with Gasteiger partial charge in [-0.1, -0.05) is 12.1 Å². The summed E-state index contributed by atoms with van der Waals surface area (Å²) in [4.78, 5) is 16.8. The van der Waals surface area contributed by atoms with Crippen molar-refractivity contribution in [2.24, 2.45) is 0 Å². The summed E-state index contributed by atoms with van der Waals surface area (Å²) in [5.41, 5.74) is 1.94. The first-order valence-electron chi connectivity index (χ1n) is 9.84. The van der Waals surface area contributed by atoms with Crippen LogP contribution in [0.1, 0.15) is 18.9 Å². The zero-order chi connectivity index (χ0) is 21.9. The number of halogens is 1. The fourth-order valence-corrected chi connectivity index (χ4v) is 5.24. The predicted octanol–water partition coefficient (Wildman–Crippen LogP) is 2.87. The van der Waals surface area contributed by atoms with Crippen LogP contribution in [0.2, 0.25) is 0 Å². The Bertz CT molecular complexity index is 975. The fraction of sp³-hybridized carbons (Fsp3) is 0.409. The minimum absolute atomic E-state index is 0.0439. The molecule has 162 valence electrons. The van der Waals surface area contributed by atoms with Crippen LogP contribution in [0.4, 0.5) is 10.1 Å². The molecule has 1 fully saturated rings. The Morgan fingerprint density at radius 2 is 1.77 bits per heavy atom. The zero-order valence-electron chi connectivity index (χ0n) is 17.4. The van der Waals surface area contributed by atoms with Gasteiger partial charge in [0.05, 0.1) is 11.5 Å². The van der Waals surface area contributed by atoms with Crippen LogP contribution in [0.15, 0.2) is 48.5 Å². The maximum absolute atomic E-state index is 13.2. The summed E-state index contributed by atoms with van der Waals surface area (Å²) in [5.74, 6) is -0.267. The van der Waals surface area contributed by atoms with Gasteiger partial charge >= 0.3 is 0 Å². The van der Waals surface area contributed by atoms with Crippen molar-refractivity contribution in [3.05, 3.63) is 59.9 Å². The average molecular weight is 435 g/mol. The third-order valence-electron chi connectivity index (χ3n) is 5.21. The second-order valence-electron chi connectivity index (χ2n) is 7.80. The van der Waals surface area contributed by atoms with Gasteiger partial charge in [-0.25, -0.2) is 12.8 Å². The lowest BCUT2D eigenvalue weighted by Gasteiger charge is -2.31. The second-order valence-corrected chi connectivity index (χ2v) is 10.0. The Balaban J connectivity index is 1.79. The van der Waals surface area contributed by atoms with Crippen molar-refractivity contribution in [3.63, 3.8) is 0 Å². The molecule has 0 spiro atoms. The van der Waals surface area contributed by atoms with Gasteiger partial charge < -0.3 is 14.5 Å². The number of nitrogens with zero attached hydrogens (tertiary/aromatic N) is 2. The Kier molecular flexibility index (Phi) is 6.65. The summed E-state index contributed by atoms with van der Waals surface area (Å²) >= 11 is 0. The highest BCUT2D eigenvalue weighted by Crippen LogP contribution is 2.23. The number of amides is 1. The van der Waals surface area contributed by atoms with Crippen LogP contribution in [0.3, 0.4) is 0 Å². The molecule has 0 unspecified atom stereocenters. The number of ether oxygens (including phenoxy) is 1. The minimum atomic E-state index is -3.16. The van der Waals surface area contributed by atoms with Gasteiger partial charge in [-0.05, 0) is 55.3 Å². The van der Waals surface area contributed by atoms with Gasteiger partial charge in [-0.3, -0.25) is 4.79 Å². The largest absolute Gasteiger partial charge is 0.481 e. The summed E-state index contributed by atoms with van der Waals surface area (Å²) in [5, 5.41) is 0. The van der Waals surface area contributed by atoms with Gasteiger partial charge in [0.2, 0.25) is 0 Å². The van der Waals surface area contributed by atoms with Gasteiger partial charge in [0, 0.05) is 32.4 Å². The predicted molar refractivity (Wildman–Crippen MR) is 115 cm³/mol. The topological polar surface area (TPSA) is 66.9 Å². The number of hydrogen-bond donors (Lipinski definition) is 0. The van der Waals surface area contributed by atoms with E-state index < -0.39 is 22.0 Å². The van der Waals surface area contributed by atoms with E-state index in [2.05, 4.69) is 0 Å². The molecule has 1 aliphatic rings. The molecule has 0 aliphatic carbocycles. The van der Waals surface area contributed by atoms with Gasteiger partial charge in [0.1, 0.15) is 11.6 Å². The Morgan fingerprint density at radius 3 is 2.30 bits per heavy atom. The highest BCUT2D eigenvalue weighted by atomic mass is 32.2. The van der Waals surface area contributed by atoms with Crippen LogP contribution in [-0.4, -0.2) is 57.0 Å². The molecule has 0 N–H and O–H groups in total. The molecule has 1 heterocycles. The molecule has 1 aliphatic heterocycles. The SMILES string of the molecule is C[C@@H](Oc1ccc(F)cc1)C(=O)N(Cc1ccc(N(C)C)cc1)[C@@H]1CCS(=O)(=O)C1. The standard InChI is InChI=1S/C22H27FN2O4S/c1-16(29-21-10-6-18(23)7-11-21)22(26)25(20-12-13-30(27,28)15-20)14-17-4-8-19(9-5-17)24(2)3/h4-11,16,20H,12-15H2,1-3H3/t16-,20-/m1/s1. The monoisotopic (exact) mass is 434 g/mol.